The molecule has 1 aliphatic heterocycles. The van der Waals surface area contributed by atoms with Gasteiger partial charge in [-0.15, -0.1) is 0 Å². The summed E-state index contributed by atoms with van der Waals surface area (Å²) < 4.78 is 65.8. The monoisotopic (exact) mass is 650 g/mol. The summed E-state index contributed by atoms with van der Waals surface area (Å²) in [6.45, 7) is 3.65. The number of benzene rings is 4. The Morgan fingerprint density at radius 3 is 1.04 bits per heavy atom. The average Bonchev–Trinajstić information content (AvgIpc) is 3.35. The lowest BCUT2D eigenvalue weighted by molar-refractivity contribution is -0.142. The van der Waals surface area contributed by atoms with Gasteiger partial charge in [0.1, 0.15) is 37.3 Å². The maximum atomic E-state index is 15.4. The molecule has 1 fully saturated rings. The van der Waals surface area contributed by atoms with E-state index in [9.17, 15) is 0 Å². The first-order valence-corrected chi connectivity index (χ1v) is 18.4. The lowest BCUT2D eigenvalue weighted by atomic mass is 10.2. The SMILES string of the molecule is COc1cccc(P(=O)(C[C@@H]2OC(C)(C)O[C@H]2CP(=O)(c2cccc(OC)c2)c2cccc(OC)c2)c2cccc(OC)c2)c1. The first kappa shape index (κ1) is 32.8. The molecule has 1 saturated heterocycles. The number of ether oxygens (including phenoxy) is 6. The van der Waals surface area contributed by atoms with Crippen molar-refractivity contribution in [3.63, 3.8) is 0 Å². The molecule has 0 bridgehead atoms. The van der Waals surface area contributed by atoms with Gasteiger partial charge in [-0.1, -0.05) is 48.5 Å². The molecule has 0 radical (unpaired) electrons. The van der Waals surface area contributed by atoms with Gasteiger partial charge in [0.15, 0.2) is 5.79 Å². The average molecular weight is 651 g/mol. The summed E-state index contributed by atoms with van der Waals surface area (Å²) in [7, 11) is -0.433. The quantitative estimate of drug-likeness (QED) is 0.184. The minimum Gasteiger partial charge on any atom is -0.497 e. The van der Waals surface area contributed by atoms with Gasteiger partial charge in [-0.25, -0.2) is 0 Å². The van der Waals surface area contributed by atoms with Crippen molar-refractivity contribution in [3.8, 4) is 23.0 Å². The second-order valence-electron chi connectivity index (χ2n) is 11.4. The number of hydrogen-bond acceptors (Lipinski definition) is 8. The molecule has 8 nitrogen and oxygen atoms in total. The molecule has 5 rings (SSSR count). The van der Waals surface area contributed by atoms with E-state index in [1.165, 1.54) is 0 Å². The second kappa shape index (κ2) is 13.4. The fraction of sp³-hybridized carbons (Fsp3) is 0.314. The number of rotatable bonds is 12. The molecule has 45 heavy (non-hydrogen) atoms. The van der Waals surface area contributed by atoms with Gasteiger partial charge >= 0.3 is 0 Å². The Kier molecular flexibility index (Phi) is 9.81. The molecule has 10 heteroatoms. The van der Waals surface area contributed by atoms with Crippen LogP contribution in [-0.4, -0.2) is 58.8 Å². The van der Waals surface area contributed by atoms with Crippen LogP contribution in [0, 0.1) is 0 Å². The Hall–Kier alpha value is -3.54. The van der Waals surface area contributed by atoms with E-state index in [4.69, 9.17) is 28.4 Å². The standard InChI is InChI=1S/C35H40O8P2/c1-35(2)42-33(23-44(36,29-15-7-11-25(19-29)38-3)30-16-8-12-26(20-30)39-4)34(43-35)24-45(37,31-17-9-13-27(21-31)40-5)32-18-10-14-28(22-32)41-6/h7-22,33-34H,23-24H2,1-6H3/t33-,34-/m0/s1. The number of hydrogen-bond donors (Lipinski definition) is 0. The smallest absolute Gasteiger partial charge is 0.163 e. The summed E-state index contributed by atoms with van der Waals surface area (Å²) >= 11 is 0. The molecule has 0 aromatic heterocycles. The normalized spacial score (nSPS) is 17.9. The van der Waals surface area contributed by atoms with Crippen LogP contribution in [0.4, 0.5) is 0 Å². The molecule has 0 unspecified atom stereocenters. The van der Waals surface area contributed by atoms with Crippen molar-refractivity contribution in [1.29, 1.82) is 0 Å². The number of methoxy groups -OCH3 is 4. The summed E-state index contributed by atoms with van der Waals surface area (Å²) in [4.78, 5) is 0. The molecular formula is C35H40O8P2. The van der Waals surface area contributed by atoms with Crippen molar-refractivity contribution in [1.82, 2.24) is 0 Å². The van der Waals surface area contributed by atoms with Crippen LogP contribution in [0.1, 0.15) is 13.8 Å². The van der Waals surface area contributed by atoms with Gasteiger partial charge < -0.3 is 37.6 Å². The largest absolute Gasteiger partial charge is 0.497 e. The van der Waals surface area contributed by atoms with Crippen LogP contribution in [0.5, 0.6) is 23.0 Å². The summed E-state index contributed by atoms with van der Waals surface area (Å²) in [5, 5.41) is 2.47. The molecule has 0 saturated carbocycles. The van der Waals surface area contributed by atoms with Crippen molar-refractivity contribution in [2.75, 3.05) is 40.8 Å². The molecule has 2 atom stereocenters. The highest BCUT2D eigenvalue weighted by atomic mass is 31.2. The maximum absolute atomic E-state index is 15.4. The minimum atomic E-state index is -3.38. The van der Waals surface area contributed by atoms with Crippen LogP contribution in [0.3, 0.4) is 0 Å². The Balaban J connectivity index is 1.61. The molecule has 0 aliphatic carbocycles. The van der Waals surface area contributed by atoms with Crippen molar-refractivity contribution in [3.05, 3.63) is 97.1 Å². The molecule has 1 heterocycles. The van der Waals surface area contributed by atoms with Crippen LogP contribution < -0.4 is 40.2 Å². The van der Waals surface area contributed by atoms with E-state index in [0.717, 1.165) is 0 Å². The van der Waals surface area contributed by atoms with Crippen LogP contribution in [0.2, 0.25) is 0 Å². The van der Waals surface area contributed by atoms with Crippen molar-refractivity contribution in [2.45, 2.75) is 31.8 Å². The third kappa shape index (κ3) is 7.00. The Labute approximate surface area is 265 Å². The Bertz CT molecular complexity index is 1510. The first-order chi connectivity index (χ1) is 21.5. The second-order valence-corrected chi connectivity index (χ2v) is 17.1. The van der Waals surface area contributed by atoms with Crippen LogP contribution in [0.25, 0.3) is 0 Å². The van der Waals surface area contributed by atoms with Crippen molar-refractivity contribution < 1.29 is 37.6 Å². The molecule has 0 amide bonds. The lowest BCUT2D eigenvalue weighted by Crippen LogP contribution is -2.36. The zero-order valence-corrected chi connectivity index (χ0v) is 28.3. The predicted molar refractivity (Wildman–Crippen MR) is 179 cm³/mol. The van der Waals surface area contributed by atoms with E-state index in [0.29, 0.717) is 44.2 Å². The van der Waals surface area contributed by atoms with E-state index in [1.54, 1.807) is 52.7 Å². The predicted octanol–water partition coefficient (Wildman–Crippen LogP) is 5.57. The van der Waals surface area contributed by atoms with Crippen LogP contribution in [-0.2, 0) is 18.6 Å². The van der Waals surface area contributed by atoms with Gasteiger partial charge in [0.2, 0.25) is 0 Å². The summed E-state index contributed by atoms with van der Waals surface area (Å²) in [5.41, 5.74) is 0. The first-order valence-electron chi connectivity index (χ1n) is 14.7. The summed E-state index contributed by atoms with van der Waals surface area (Å²) in [6, 6.07) is 29.2. The molecular weight excluding hydrogens is 610 g/mol. The van der Waals surface area contributed by atoms with Gasteiger partial charge in [0.05, 0.1) is 40.6 Å². The van der Waals surface area contributed by atoms with Gasteiger partial charge in [-0.05, 0) is 62.4 Å². The van der Waals surface area contributed by atoms with Crippen LogP contribution >= 0.6 is 14.3 Å². The highest BCUT2D eigenvalue weighted by Gasteiger charge is 2.48. The van der Waals surface area contributed by atoms with Crippen molar-refractivity contribution >= 4 is 35.5 Å². The third-order valence-corrected chi connectivity index (χ3v) is 14.2. The molecule has 1 aliphatic rings. The molecule has 0 N–H and O–H groups in total. The van der Waals surface area contributed by atoms with Crippen LogP contribution in [0.15, 0.2) is 97.1 Å². The Morgan fingerprint density at radius 2 is 0.800 bits per heavy atom. The van der Waals surface area contributed by atoms with Gasteiger partial charge in [0.25, 0.3) is 0 Å². The van der Waals surface area contributed by atoms with Crippen molar-refractivity contribution in [2.24, 2.45) is 0 Å². The Morgan fingerprint density at radius 1 is 0.533 bits per heavy atom. The zero-order valence-electron chi connectivity index (χ0n) is 26.5. The molecule has 238 valence electrons. The van der Waals surface area contributed by atoms with Gasteiger partial charge in [-0.3, -0.25) is 0 Å². The summed E-state index contributed by atoms with van der Waals surface area (Å²) in [5.74, 6) is 1.37. The fourth-order valence-corrected chi connectivity index (χ4v) is 11.5. The van der Waals surface area contributed by atoms with E-state index < -0.39 is 32.3 Å². The molecule has 4 aromatic rings. The molecule has 4 aromatic carbocycles. The van der Waals surface area contributed by atoms with E-state index in [-0.39, 0.29) is 12.3 Å². The maximum Gasteiger partial charge on any atom is 0.163 e. The van der Waals surface area contributed by atoms with Gasteiger partial charge in [0, 0.05) is 33.5 Å². The van der Waals surface area contributed by atoms with E-state index in [1.807, 2.05) is 86.6 Å². The topological polar surface area (TPSA) is 89.5 Å². The minimum absolute atomic E-state index is 0.109. The van der Waals surface area contributed by atoms with E-state index >= 15 is 9.13 Å². The van der Waals surface area contributed by atoms with Gasteiger partial charge in [-0.2, -0.15) is 0 Å². The van der Waals surface area contributed by atoms with E-state index in [2.05, 4.69) is 0 Å². The zero-order chi connectivity index (χ0) is 32.2. The molecule has 0 spiro atoms. The fourth-order valence-electron chi connectivity index (χ4n) is 5.79. The third-order valence-electron chi connectivity index (χ3n) is 8.04. The lowest BCUT2D eigenvalue weighted by Gasteiger charge is -2.28. The summed E-state index contributed by atoms with van der Waals surface area (Å²) in [6.07, 6.45) is -1.10. The highest BCUT2D eigenvalue weighted by Crippen LogP contribution is 2.52. The highest BCUT2D eigenvalue weighted by molar-refractivity contribution is 7.79.